The molecule has 0 spiro atoms. The number of piperidine rings is 1. The van der Waals surface area contributed by atoms with Crippen LogP contribution in [0.15, 0.2) is 0 Å². The summed E-state index contributed by atoms with van der Waals surface area (Å²) in [4.78, 5) is 14.4. The van der Waals surface area contributed by atoms with Crippen LogP contribution in [0.25, 0.3) is 0 Å². The van der Waals surface area contributed by atoms with Crippen LogP contribution in [0.1, 0.15) is 73.1 Å². The third-order valence-electron chi connectivity index (χ3n) is 5.29. The van der Waals surface area contributed by atoms with Crippen molar-refractivity contribution in [2.45, 2.75) is 91.0 Å². The lowest BCUT2D eigenvalue weighted by molar-refractivity contribution is 0.00107. The van der Waals surface area contributed by atoms with Crippen molar-refractivity contribution >= 4 is 6.09 Å². The third kappa shape index (κ3) is 6.45. The van der Waals surface area contributed by atoms with Gasteiger partial charge in [0.25, 0.3) is 0 Å². The molecule has 2 aliphatic rings. The van der Waals surface area contributed by atoms with Gasteiger partial charge < -0.3 is 19.7 Å². The van der Waals surface area contributed by atoms with Crippen molar-refractivity contribution in [1.82, 2.24) is 10.2 Å². The Bertz CT molecular complexity index is 431. The number of rotatable bonds is 6. The molecule has 1 amide bonds. The van der Waals surface area contributed by atoms with Crippen LogP contribution in [0.4, 0.5) is 4.79 Å². The molecule has 3 unspecified atom stereocenters. The van der Waals surface area contributed by atoms with Crippen LogP contribution in [0.5, 0.6) is 0 Å². The van der Waals surface area contributed by atoms with E-state index in [2.05, 4.69) is 19.2 Å². The molecule has 146 valence electrons. The van der Waals surface area contributed by atoms with Crippen molar-refractivity contribution in [3.8, 4) is 0 Å². The quantitative estimate of drug-likeness (QED) is 0.784. The van der Waals surface area contributed by atoms with Crippen molar-refractivity contribution < 1.29 is 14.3 Å². The van der Waals surface area contributed by atoms with Gasteiger partial charge in [-0.15, -0.1) is 0 Å². The van der Waals surface area contributed by atoms with E-state index in [4.69, 9.17) is 9.47 Å². The van der Waals surface area contributed by atoms with E-state index >= 15 is 0 Å². The van der Waals surface area contributed by atoms with E-state index < -0.39 is 5.60 Å². The van der Waals surface area contributed by atoms with Gasteiger partial charge in [-0.05, 0) is 59.8 Å². The molecule has 25 heavy (non-hydrogen) atoms. The minimum atomic E-state index is -0.434. The molecule has 2 rings (SSSR count). The molecule has 0 aliphatic carbocycles. The Morgan fingerprint density at radius 3 is 2.72 bits per heavy atom. The summed E-state index contributed by atoms with van der Waals surface area (Å²) in [5, 5.41) is 3.65. The summed E-state index contributed by atoms with van der Waals surface area (Å²) in [5.41, 5.74) is -0.273. The second-order valence-corrected chi connectivity index (χ2v) is 9.03. The second-order valence-electron chi connectivity index (χ2n) is 9.03. The zero-order valence-corrected chi connectivity index (χ0v) is 16.9. The van der Waals surface area contributed by atoms with Crippen LogP contribution >= 0.6 is 0 Å². The van der Waals surface area contributed by atoms with Gasteiger partial charge in [-0.2, -0.15) is 0 Å². The molecule has 1 N–H and O–H groups in total. The van der Waals surface area contributed by atoms with Gasteiger partial charge in [-0.1, -0.05) is 13.3 Å². The summed E-state index contributed by atoms with van der Waals surface area (Å²) in [7, 11) is 0. The van der Waals surface area contributed by atoms with E-state index in [9.17, 15) is 4.79 Å². The van der Waals surface area contributed by atoms with Crippen LogP contribution in [0.2, 0.25) is 0 Å². The first kappa shape index (κ1) is 20.5. The lowest BCUT2D eigenvalue weighted by Crippen LogP contribution is -2.51. The van der Waals surface area contributed by atoms with Gasteiger partial charge in [0.1, 0.15) is 5.60 Å². The Morgan fingerprint density at radius 2 is 2.12 bits per heavy atom. The minimum absolute atomic E-state index is 0.161. The molecule has 0 radical (unpaired) electrons. The zero-order chi connectivity index (χ0) is 18.5. The maximum absolute atomic E-state index is 12.5. The van der Waals surface area contributed by atoms with Crippen LogP contribution in [0, 0.1) is 5.41 Å². The molecule has 0 saturated carbocycles. The maximum atomic E-state index is 12.5. The largest absolute Gasteiger partial charge is 0.444 e. The fraction of sp³-hybridized carbons (Fsp3) is 0.950. The van der Waals surface area contributed by atoms with Gasteiger partial charge >= 0.3 is 6.09 Å². The highest BCUT2D eigenvalue weighted by atomic mass is 16.6. The highest BCUT2D eigenvalue weighted by Gasteiger charge is 2.37. The Hall–Kier alpha value is -0.810. The van der Waals surface area contributed by atoms with E-state index in [1.807, 2.05) is 25.7 Å². The van der Waals surface area contributed by atoms with Crippen molar-refractivity contribution in [3.63, 3.8) is 0 Å². The first-order valence-corrected chi connectivity index (χ1v) is 10.1. The SMILES string of the molecule is CCCC1(CNCC2CCC(C)O2)CCCN(C(=O)OC(C)(C)C)C1. The summed E-state index contributed by atoms with van der Waals surface area (Å²) in [6.45, 7) is 13.6. The zero-order valence-electron chi connectivity index (χ0n) is 16.9. The van der Waals surface area contributed by atoms with Gasteiger partial charge in [-0.25, -0.2) is 4.79 Å². The highest BCUT2D eigenvalue weighted by molar-refractivity contribution is 5.68. The standard InChI is InChI=1S/C20H38N2O3/c1-6-10-20(14-21-13-17-9-8-16(2)24-17)11-7-12-22(15-20)18(23)25-19(3,4)5/h16-17,21H,6-15H2,1-5H3. The topological polar surface area (TPSA) is 50.8 Å². The highest BCUT2D eigenvalue weighted by Crippen LogP contribution is 2.35. The molecule has 5 nitrogen and oxygen atoms in total. The first-order chi connectivity index (χ1) is 11.7. The molecule has 0 bridgehead atoms. The Labute approximate surface area is 153 Å². The van der Waals surface area contributed by atoms with Gasteiger partial charge in [0, 0.05) is 31.6 Å². The summed E-state index contributed by atoms with van der Waals surface area (Å²) in [5.74, 6) is 0. The molecule has 0 aromatic carbocycles. The summed E-state index contributed by atoms with van der Waals surface area (Å²) < 4.78 is 11.5. The van der Waals surface area contributed by atoms with Gasteiger partial charge in [0.15, 0.2) is 0 Å². The molecule has 3 atom stereocenters. The van der Waals surface area contributed by atoms with Crippen molar-refractivity contribution in [2.75, 3.05) is 26.2 Å². The molecule has 2 aliphatic heterocycles. The summed E-state index contributed by atoms with van der Waals surface area (Å²) in [6.07, 6.45) is 7.40. The first-order valence-electron chi connectivity index (χ1n) is 10.1. The molecule has 5 heteroatoms. The second kappa shape index (κ2) is 8.72. The predicted molar refractivity (Wildman–Crippen MR) is 101 cm³/mol. The molecule has 0 aromatic rings. The van der Waals surface area contributed by atoms with Gasteiger partial charge in [0.2, 0.25) is 0 Å². The number of hydrogen-bond acceptors (Lipinski definition) is 4. The van der Waals surface area contributed by atoms with E-state index in [0.29, 0.717) is 12.2 Å². The Kier molecular flexibility index (Phi) is 7.15. The van der Waals surface area contributed by atoms with E-state index in [-0.39, 0.29) is 11.5 Å². The van der Waals surface area contributed by atoms with E-state index in [1.165, 1.54) is 12.8 Å². The normalized spacial score (nSPS) is 30.5. The van der Waals surface area contributed by atoms with E-state index in [0.717, 1.165) is 51.9 Å². The van der Waals surface area contributed by atoms with Gasteiger partial charge in [-0.3, -0.25) is 0 Å². The fourth-order valence-electron chi connectivity index (χ4n) is 4.19. The summed E-state index contributed by atoms with van der Waals surface area (Å²) in [6, 6.07) is 0. The van der Waals surface area contributed by atoms with Crippen LogP contribution in [0.3, 0.4) is 0 Å². The smallest absolute Gasteiger partial charge is 0.410 e. The third-order valence-corrected chi connectivity index (χ3v) is 5.29. The molecule has 2 heterocycles. The minimum Gasteiger partial charge on any atom is -0.444 e. The van der Waals surface area contributed by atoms with Crippen LogP contribution in [-0.4, -0.2) is 55.0 Å². The van der Waals surface area contributed by atoms with Crippen LogP contribution in [-0.2, 0) is 9.47 Å². The Morgan fingerprint density at radius 1 is 1.36 bits per heavy atom. The number of nitrogens with one attached hydrogen (secondary N) is 1. The van der Waals surface area contributed by atoms with Crippen molar-refractivity contribution in [3.05, 3.63) is 0 Å². The van der Waals surface area contributed by atoms with Crippen LogP contribution < -0.4 is 5.32 Å². The average Bonchev–Trinajstić information content (AvgIpc) is 2.91. The predicted octanol–water partition coefficient (Wildman–Crippen LogP) is 3.96. The van der Waals surface area contributed by atoms with Gasteiger partial charge in [0.05, 0.1) is 12.2 Å². The van der Waals surface area contributed by atoms with Crippen molar-refractivity contribution in [2.24, 2.45) is 5.41 Å². The summed E-state index contributed by atoms with van der Waals surface area (Å²) >= 11 is 0. The maximum Gasteiger partial charge on any atom is 0.410 e. The van der Waals surface area contributed by atoms with Crippen molar-refractivity contribution in [1.29, 1.82) is 0 Å². The Balaban J connectivity index is 1.89. The molecule has 0 aromatic heterocycles. The molecular weight excluding hydrogens is 316 g/mol. The number of hydrogen-bond donors (Lipinski definition) is 1. The number of likely N-dealkylation sites (tertiary alicyclic amines) is 1. The fourth-order valence-corrected chi connectivity index (χ4v) is 4.19. The number of nitrogens with zero attached hydrogens (tertiary/aromatic N) is 1. The molecule has 2 fully saturated rings. The lowest BCUT2D eigenvalue weighted by Gasteiger charge is -2.43. The number of ether oxygens (including phenoxy) is 2. The average molecular weight is 355 g/mol. The number of carbonyl (C=O) groups is 1. The molecular formula is C20H38N2O3. The van der Waals surface area contributed by atoms with E-state index in [1.54, 1.807) is 0 Å². The number of carbonyl (C=O) groups excluding carboxylic acids is 1. The monoisotopic (exact) mass is 354 g/mol. The molecule has 2 saturated heterocycles. The lowest BCUT2D eigenvalue weighted by atomic mass is 9.76. The number of amides is 1.